The number of nitrogens with zero attached hydrogens (tertiary/aromatic N) is 2. The first-order valence-electron chi connectivity index (χ1n) is 6.63. The number of fused-ring (bicyclic) bond motifs is 1. The van der Waals surface area contributed by atoms with Crippen LogP contribution in [-0.4, -0.2) is 22.1 Å². The number of aromatic carboxylic acids is 1. The van der Waals surface area contributed by atoms with Crippen molar-refractivity contribution in [2.24, 2.45) is 0 Å². The molecule has 1 aliphatic rings. The van der Waals surface area contributed by atoms with Gasteiger partial charge in [0.2, 0.25) is 5.91 Å². The molecule has 2 aromatic rings. The second-order valence-electron chi connectivity index (χ2n) is 5.06. The number of amides is 1. The van der Waals surface area contributed by atoms with Crippen molar-refractivity contribution in [3.63, 3.8) is 0 Å². The molecule has 0 spiro atoms. The lowest BCUT2D eigenvalue weighted by Crippen LogP contribution is -2.34. The Hall–Kier alpha value is -2.63. The summed E-state index contributed by atoms with van der Waals surface area (Å²) in [7, 11) is 0. The minimum Gasteiger partial charge on any atom is -0.478 e. The number of rotatable bonds is 3. The van der Waals surface area contributed by atoms with Gasteiger partial charge in [-0.15, -0.1) is 0 Å². The molecule has 0 aliphatic carbocycles. The van der Waals surface area contributed by atoms with E-state index in [9.17, 15) is 9.59 Å². The molecular weight excluding hydrogens is 272 g/mol. The highest BCUT2D eigenvalue weighted by atomic mass is 16.5. The topological polar surface area (TPSA) is 83.6 Å². The summed E-state index contributed by atoms with van der Waals surface area (Å²) in [5, 5.41) is 12.9. The maximum atomic E-state index is 12.1. The van der Waals surface area contributed by atoms with Gasteiger partial charge in [0.25, 0.3) is 0 Å². The minimum atomic E-state index is -0.964. The van der Waals surface area contributed by atoms with Crippen LogP contribution >= 0.6 is 0 Å². The van der Waals surface area contributed by atoms with Crippen LogP contribution in [0.1, 0.15) is 33.8 Å². The van der Waals surface area contributed by atoms with Crippen LogP contribution in [-0.2, 0) is 17.8 Å². The van der Waals surface area contributed by atoms with E-state index >= 15 is 0 Å². The highest BCUT2D eigenvalue weighted by molar-refractivity contribution is 5.97. The van der Waals surface area contributed by atoms with E-state index in [2.05, 4.69) is 5.16 Å². The molecule has 0 atom stereocenters. The molecule has 6 heteroatoms. The van der Waals surface area contributed by atoms with Crippen LogP contribution in [0.15, 0.2) is 28.8 Å². The van der Waals surface area contributed by atoms with Crippen LogP contribution in [0.4, 0.5) is 5.69 Å². The molecule has 0 saturated carbocycles. The molecular formula is C15H14N2O4. The zero-order valence-corrected chi connectivity index (χ0v) is 11.5. The number of aryl methyl sites for hydroxylation is 2. The number of carbonyl (C=O) groups is 2. The molecule has 1 aromatic carbocycles. The standard InChI is InChI=1S/C15H14N2O4/c1-9-6-12(16-21-9)8-17-13-4-2-11(15(19)20)7-10(13)3-5-14(17)18/h2,4,6-7H,3,5,8H2,1H3,(H,19,20). The van der Waals surface area contributed by atoms with Gasteiger partial charge in [0.1, 0.15) is 11.5 Å². The summed E-state index contributed by atoms with van der Waals surface area (Å²) < 4.78 is 5.01. The van der Waals surface area contributed by atoms with E-state index in [1.807, 2.05) is 0 Å². The molecule has 0 radical (unpaired) electrons. The average molecular weight is 286 g/mol. The SMILES string of the molecule is Cc1cc(CN2C(=O)CCc3cc(C(=O)O)ccc32)no1. The lowest BCUT2D eigenvalue weighted by molar-refractivity contribution is -0.119. The molecule has 0 unspecified atom stereocenters. The molecule has 1 amide bonds. The number of anilines is 1. The van der Waals surface area contributed by atoms with E-state index in [0.29, 0.717) is 30.8 Å². The van der Waals surface area contributed by atoms with Crippen LogP contribution < -0.4 is 4.90 Å². The van der Waals surface area contributed by atoms with Gasteiger partial charge in [0, 0.05) is 18.2 Å². The van der Waals surface area contributed by atoms with Gasteiger partial charge in [0.15, 0.2) is 0 Å². The van der Waals surface area contributed by atoms with E-state index in [1.165, 1.54) is 6.07 Å². The number of hydrogen-bond donors (Lipinski definition) is 1. The minimum absolute atomic E-state index is 0.00577. The molecule has 1 aliphatic heterocycles. The quantitative estimate of drug-likeness (QED) is 0.934. The fraction of sp³-hybridized carbons (Fsp3) is 0.267. The van der Waals surface area contributed by atoms with Gasteiger partial charge in [-0.3, -0.25) is 4.79 Å². The average Bonchev–Trinajstić information content (AvgIpc) is 2.87. The van der Waals surface area contributed by atoms with E-state index in [0.717, 1.165) is 11.3 Å². The van der Waals surface area contributed by atoms with E-state index < -0.39 is 5.97 Å². The Morgan fingerprint density at radius 1 is 1.38 bits per heavy atom. The molecule has 2 heterocycles. The molecule has 3 rings (SSSR count). The van der Waals surface area contributed by atoms with Crippen LogP contribution in [0.5, 0.6) is 0 Å². The fourth-order valence-corrected chi connectivity index (χ4v) is 2.52. The van der Waals surface area contributed by atoms with Gasteiger partial charge in [-0.05, 0) is 37.1 Å². The van der Waals surface area contributed by atoms with Gasteiger partial charge < -0.3 is 14.5 Å². The van der Waals surface area contributed by atoms with Gasteiger partial charge in [-0.2, -0.15) is 0 Å². The third-order valence-corrected chi connectivity index (χ3v) is 3.52. The first-order valence-corrected chi connectivity index (χ1v) is 6.63. The zero-order chi connectivity index (χ0) is 15.0. The van der Waals surface area contributed by atoms with Crippen molar-refractivity contribution in [1.82, 2.24) is 5.16 Å². The Kier molecular flexibility index (Phi) is 3.21. The smallest absolute Gasteiger partial charge is 0.335 e. The number of hydrogen-bond acceptors (Lipinski definition) is 4. The molecule has 0 bridgehead atoms. The van der Waals surface area contributed by atoms with Crippen molar-refractivity contribution in [3.8, 4) is 0 Å². The Morgan fingerprint density at radius 3 is 2.86 bits per heavy atom. The van der Waals surface area contributed by atoms with Crippen molar-refractivity contribution in [2.45, 2.75) is 26.3 Å². The highest BCUT2D eigenvalue weighted by Crippen LogP contribution is 2.30. The maximum absolute atomic E-state index is 12.1. The summed E-state index contributed by atoms with van der Waals surface area (Å²) in [6.07, 6.45) is 0.927. The molecule has 21 heavy (non-hydrogen) atoms. The number of benzene rings is 1. The number of carboxylic acids is 1. The molecule has 108 valence electrons. The van der Waals surface area contributed by atoms with Crippen LogP contribution in [0.3, 0.4) is 0 Å². The summed E-state index contributed by atoms with van der Waals surface area (Å²) in [5.41, 5.74) is 2.53. The van der Waals surface area contributed by atoms with Gasteiger partial charge in [-0.25, -0.2) is 4.79 Å². The summed E-state index contributed by atoms with van der Waals surface area (Å²) in [6, 6.07) is 6.61. The van der Waals surface area contributed by atoms with E-state index in [-0.39, 0.29) is 11.5 Å². The van der Waals surface area contributed by atoms with Gasteiger partial charge in [0.05, 0.1) is 12.1 Å². The van der Waals surface area contributed by atoms with Crippen molar-refractivity contribution < 1.29 is 19.2 Å². The molecule has 1 aromatic heterocycles. The van der Waals surface area contributed by atoms with Gasteiger partial charge in [-0.1, -0.05) is 5.16 Å². The monoisotopic (exact) mass is 286 g/mol. The van der Waals surface area contributed by atoms with Crippen LogP contribution in [0, 0.1) is 6.92 Å². The third kappa shape index (κ3) is 2.52. The lowest BCUT2D eigenvalue weighted by Gasteiger charge is -2.28. The predicted molar refractivity (Wildman–Crippen MR) is 74.2 cm³/mol. The van der Waals surface area contributed by atoms with E-state index in [4.69, 9.17) is 9.63 Å². The first kappa shape index (κ1) is 13.4. The zero-order valence-electron chi connectivity index (χ0n) is 11.5. The number of aromatic nitrogens is 1. The highest BCUT2D eigenvalue weighted by Gasteiger charge is 2.25. The predicted octanol–water partition coefficient (Wildman–Crippen LogP) is 2.16. The van der Waals surface area contributed by atoms with Crippen molar-refractivity contribution >= 4 is 17.6 Å². The lowest BCUT2D eigenvalue weighted by atomic mass is 9.98. The summed E-state index contributed by atoms with van der Waals surface area (Å²) in [6.45, 7) is 2.12. The maximum Gasteiger partial charge on any atom is 0.335 e. The summed E-state index contributed by atoms with van der Waals surface area (Å²) >= 11 is 0. The molecule has 1 N–H and O–H groups in total. The fourth-order valence-electron chi connectivity index (χ4n) is 2.52. The normalized spacial score (nSPS) is 14.1. The van der Waals surface area contributed by atoms with Crippen LogP contribution in [0.2, 0.25) is 0 Å². The Morgan fingerprint density at radius 2 is 2.19 bits per heavy atom. The molecule has 0 fully saturated rings. The second kappa shape index (κ2) is 5.05. The summed E-state index contributed by atoms with van der Waals surface area (Å²) in [5.74, 6) is -0.268. The van der Waals surface area contributed by atoms with Crippen molar-refractivity contribution in [2.75, 3.05) is 4.90 Å². The second-order valence-corrected chi connectivity index (χ2v) is 5.06. The Bertz CT molecular complexity index is 720. The number of carboxylic acid groups (broad SMARTS) is 1. The third-order valence-electron chi connectivity index (χ3n) is 3.52. The van der Waals surface area contributed by atoms with E-state index in [1.54, 1.807) is 30.0 Å². The molecule has 0 saturated heterocycles. The number of carbonyl (C=O) groups excluding carboxylic acids is 1. The van der Waals surface area contributed by atoms with Crippen LogP contribution in [0.25, 0.3) is 0 Å². The van der Waals surface area contributed by atoms with Gasteiger partial charge >= 0.3 is 5.97 Å². The first-order chi connectivity index (χ1) is 10.0. The summed E-state index contributed by atoms with van der Waals surface area (Å²) in [4.78, 5) is 24.8. The largest absolute Gasteiger partial charge is 0.478 e. The molecule has 6 nitrogen and oxygen atoms in total. The van der Waals surface area contributed by atoms with Crippen molar-refractivity contribution in [1.29, 1.82) is 0 Å². The van der Waals surface area contributed by atoms with Crippen molar-refractivity contribution in [3.05, 3.63) is 46.8 Å². The Balaban J connectivity index is 1.95. The Labute approximate surface area is 121 Å².